The maximum Gasteiger partial charge on any atom is 0.227 e. The zero-order valence-electron chi connectivity index (χ0n) is 9.03. The highest BCUT2D eigenvalue weighted by molar-refractivity contribution is 5.96. The molecule has 0 fully saturated rings. The first-order valence-corrected chi connectivity index (χ1v) is 5.23. The van der Waals surface area contributed by atoms with Crippen LogP contribution in [0.2, 0.25) is 0 Å². The molecule has 0 aromatic heterocycles. The Hall–Kier alpha value is -1.51. The Balaban J connectivity index is 2.48. The van der Waals surface area contributed by atoms with Gasteiger partial charge in [0.1, 0.15) is 5.75 Å². The van der Waals surface area contributed by atoms with Crippen LogP contribution in [0.15, 0.2) is 18.2 Å². The van der Waals surface area contributed by atoms with E-state index in [0.717, 1.165) is 17.7 Å². The average Bonchev–Trinajstić information content (AvgIpc) is 2.17. The summed E-state index contributed by atoms with van der Waals surface area (Å²) < 4.78 is 0. The Morgan fingerprint density at radius 3 is 2.73 bits per heavy atom. The number of aromatic hydroxyl groups is 1. The van der Waals surface area contributed by atoms with E-state index < -0.39 is 0 Å². The molecular formula is C12H15NO2. The van der Waals surface area contributed by atoms with Gasteiger partial charge in [-0.25, -0.2) is 0 Å². The summed E-state index contributed by atoms with van der Waals surface area (Å²) in [5, 5.41) is 9.38. The minimum atomic E-state index is 0.168. The predicted octanol–water partition coefficient (Wildman–Crippen LogP) is 2.08. The maximum absolute atomic E-state index is 11.7. The molecule has 1 aliphatic heterocycles. The lowest BCUT2D eigenvalue weighted by Gasteiger charge is -2.32. The van der Waals surface area contributed by atoms with Gasteiger partial charge >= 0.3 is 0 Å². The number of anilines is 1. The number of nitrogens with zero attached hydrogens (tertiary/aromatic N) is 1. The molecule has 1 aromatic rings. The monoisotopic (exact) mass is 205 g/mol. The van der Waals surface area contributed by atoms with Crippen LogP contribution in [0.4, 0.5) is 5.69 Å². The molecule has 1 amide bonds. The quantitative estimate of drug-likeness (QED) is 0.762. The number of carbonyl (C=O) groups is 1. The lowest BCUT2D eigenvalue weighted by Crippen LogP contribution is -2.40. The van der Waals surface area contributed by atoms with E-state index in [2.05, 4.69) is 0 Å². The summed E-state index contributed by atoms with van der Waals surface area (Å²) in [5.74, 6) is 0.440. The number of phenolic OH excluding ortho intramolecular Hbond substituents is 1. The molecule has 1 aliphatic rings. The van der Waals surface area contributed by atoms with E-state index in [9.17, 15) is 9.90 Å². The Labute approximate surface area is 89.3 Å². The first kappa shape index (κ1) is 10.0. The molecule has 80 valence electrons. The number of rotatable bonds is 1. The van der Waals surface area contributed by atoms with Gasteiger partial charge in [-0.2, -0.15) is 0 Å². The second kappa shape index (κ2) is 3.57. The number of fused-ring (bicyclic) bond motifs is 1. The standard InChI is InChI=1S/C12H15NO2/c1-8(2)13-11-5-4-10(14)7-9(11)3-6-12(13)15/h4-5,7-8,14H,3,6H2,1-2H3. The number of benzene rings is 1. The molecule has 0 atom stereocenters. The largest absolute Gasteiger partial charge is 0.508 e. The van der Waals surface area contributed by atoms with E-state index in [4.69, 9.17) is 0 Å². The fourth-order valence-corrected chi connectivity index (χ4v) is 2.07. The molecule has 0 aliphatic carbocycles. The van der Waals surface area contributed by atoms with Crippen molar-refractivity contribution >= 4 is 11.6 Å². The van der Waals surface area contributed by atoms with Gasteiger partial charge in [-0.15, -0.1) is 0 Å². The third kappa shape index (κ3) is 1.69. The van der Waals surface area contributed by atoms with Crippen molar-refractivity contribution in [2.45, 2.75) is 32.7 Å². The van der Waals surface area contributed by atoms with Crippen LogP contribution in [0.1, 0.15) is 25.8 Å². The van der Waals surface area contributed by atoms with E-state index in [1.165, 1.54) is 0 Å². The lowest BCUT2D eigenvalue weighted by atomic mass is 9.99. The highest BCUT2D eigenvalue weighted by Gasteiger charge is 2.25. The van der Waals surface area contributed by atoms with Gasteiger partial charge in [-0.05, 0) is 44.0 Å². The SMILES string of the molecule is CC(C)N1C(=O)CCc2cc(O)ccc21. The minimum Gasteiger partial charge on any atom is -0.508 e. The molecule has 0 saturated carbocycles. The molecule has 1 aromatic carbocycles. The Morgan fingerprint density at radius 2 is 2.07 bits per heavy atom. The summed E-state index contributed by atoms with van der Waals surface area (Å²) >= 11 is 0. The smallest absolute Gasteiger partial charge is 0.227 e. The first-order valence-electron chi connectivity index (χ1n) is 5.23. The van der Waals surface area contributed by atoms with Gasteiger partial charge in [-0.1, -0.05) is 0 Å². The maximum atomic E-state index is 11.7. The van der Waals surface area contributed by atoms with Gasteiger partial charge in [0.15, 0.2) is 0 Å². The van der Waals surface area contributed by atoms with E-state index in [0.29, 0.717) is 6.42 Å². The van der Waals surface area contributed by atoms with Gasteiger partial charge in [0.05, 0.1) is 0 Å². The fraction of sp³-hybridized carbons (Fsp3) is 0.417. The third-order valence-electron chi connectivity index (χ3n) is 2.72. The highest BCUT2D eigenvalue weighted by Crippen LogP contribution is 2.31. The molecule has 0 saturated heterocycles. The number of hydrogen-bond donors (Lipinski definition) is 1. The van der Waals surface area contributed by atoms with Crippen molar-refractivity contribution in [3.05, 3.63) is 23.8 Å². The van der Waals surface area contributed by atoms with E-state index in [1.54, 1.807) is 17.0 Å². The van der Waals surface area contributed by atoms with Crippen molar-refractivity contribution in [1.29, 1.82) is 0 Å². The molecule has 1 heterocycles. The van der Waals surface area contributed by atoms with Crippen molar-refractivity contribution in [2.75, 3.05) is 4.90 Å². The predicted molar refractivity (Wildman–Crippen MR) is 59.0 cm³/mol. The van der Waals surface area contributed by atoms with Crippen molar-refractivity contribution in [1.82, 2.24) is 0 Å². The molecule has 2 rings (SSSR count). The number of aryl methyl sites for hydroxylation is 1. The summed E-state index contributed by atoms with van der Waals surface area (Å²) in [4.78, 5) is 13.6. The normalized spacial score (nSPS) is 15.7. The van der Waals surface area contributed by atoms with Gasteiger partial charge in [-0.3, -0.25) is 4.79 Å². The summed E-state index contributed by atoms with van der Waals surface area (Å²) in [7, 11) is 0. The molecule has 0 spiro atoms. The number of hydrogen-bond acceptors (Lipinski definition) is 2. The molecular weight excluding hydrogens is 190 g/mol. The van der Waals surface area contributed by atoms with Crippen LogP contribution in [0.25, 0.3) is 0 Å². The fourth-order valence-electron chi connectivity index (χ4n) is 2.07. The van der Waals surface area contributed by atoms with Gasteiger partial charge in [0.25, 0.3) is 0 Å². The van der Waals surface area contributed by atoms with Crippen LogP contribution in [0, 0.1) is 0 Å². The van der Waals surface area contributed by atoms with Gasteiger partial charge in [0.2, 0.25) is 5.91 Å². The van der Waals surface area contributed by atoms with Gasteiger partial charge in [0, 0.05) is 18.2 Å². The van der Waals surface area contributed by atoms with Crippen LogP contribution in [-0.4, -0.2) is 17.1 Å². The van der Waals surface area contributed by atoms with Crippen LogP contribution in [0.3, 0.4) is 0 Å². The zero-order chi connectivity index (χ0) is 11.0. The van der Waals surface area contributed by atoms with E-state index >= 15 is 0 Å². The molecule has 0 radical (unpaired) electrons. The van der Waals surface area contributed by atoms with E-state index in [1.807, 2.05) is 19.9 Å². The average molecular weight is 205 g/mol. The second-order valence-corrected chi connectivity index (χ2v) is 4.17. The van der Waals surface area contributed by atoms with Crippen LogP contribution in [0.5, 0.6) is 5.75 Å². The zero-order valence-corrected chi connectivity index (χ0v) is 9.03. The second-order valence-electron chi connectivity index (χ2n) is 4.17. The summed E-state index contributed by atoms with van der Waals surface area (Å²) in [6.45, 7) is 4.00. The molecule has 1 N–H and O–H groups in total. The van der Waals surface area contributed by atoms with Crippen molar-refractivity contribution in [3.8, 4) is 5.75 Å². The van der Waals surface area contributed by atoms with Crippen molar-refractivity contribution in [3.63, 3.8) is 0 Å². The molecule has 3 nitrogen and oxygen atoms in total. The molecule has 0 unspecified atom stereocenters. The number of carbonyl (C=O) groups excluding carboxylic acids is 1. The highest BCUT2D eigenvalue weighted by atomic mass is 16.3. The molecule has 15 heavy (non-hydrogen) atoms. The molecule has 0 bridgehead atoms. The van der Waals surface area contributed by atoms with Crippen molar-refractivity contribution in [2.24, 2.45) is 0 Å². The van der Waals surface area contributed by atoms with Crippen LogP contribution >= 0.6 is 0 Å². The minimum absolute atomic E-state index is 0.168. The van der Waals surface area contributed by atoms with Crippen LogP contribution < -0.4 is 4.90 Å². The number of amides is 1. The topological polar surface area (TPSA) is 40.5 Å². The Morgan fingerprint density at radius 1 is 1.33 bits per heavy atom. The van der Waals surface area contributed by atoms with E-state index in [-0.39, 0.29) is 17.7 Å². The lowest BCUT2D eigenvalue weighted by molar-refractivity contribution is -0.119. The Bertz CT molecular complexity index is 399. The summed E-state index contributed by atoms with van der Waals surface area (Å²) in [6.07, 6.45) is 1.26. The van der Waals surface area contributed by atoms with Gasteiger partial charge < -0.3 is 10.0 Å². The Kier molecular flexibility index (Phi) is 2.39. The van der Waals surface area contributed by atoms with Crippen molar-refractivity contribution < 1.29 is 9.90 Å². The summed E-state index contributed by atoms with van der Waals surface area (Å²) in [5.41, 5.74) is 2.00. The third-order valence-corrected chi connectivity index (χ3v) is 2.72. The van der Waals surface area contributed by atoms with Crippen LogP contribution in [-0.2, 0) is 11.2 Å². The first-order chi connectivity index (χ1) is 7.09. The summed E-state index contributed by atoms with van der Waals surface area (Å²) in [6, 6.07) is 5.37. The molecule has 3 heteroatoms. The number of phenols is 1.